The smallest absolute Gasteiger partial charge is 0.131 e. The Balaban J connectivity index is 3.05. The number of nitrogens with zero attached hydrogens (tertiary/aromatic N) is 2. The summed E-state index contributed by atoms with van der Waals surface area (Å²) in [5.41, 5.74) is 0.809. The minimum Gasteiger partial charge on any atom is -0.507 e. The molecule has 1 aromatic rings. The van der Waals surface area contributed by atoms with E-state index in [1.54, 1.807) is 0 Å². The third-order valence-electron chi connectivity index (χ3n) is 1.52. The molecule has 1 rings (SSSR count). The summed E-state index contributed by atoms with van der Waals surface area (Å²) < 4.78 is 0. The van der Waals surface area contributed by atoms with Gasteiger partial charge in [-0.25, -0.2) is 0 Å². The Morgan fingerprint density at radius 1 is 1.29 bits per heavy atom. The highest BCUT2D eigenvalue weighted by Gasteiger charge is 1.98. The van der Waals surface area contributed by atoms with Crippen LogP contribution in [0.2, 0.25) is 0 Å². The quantitative estimate of drug-likeness (QED) is 0.618. The number of hydrogen-bond donors (Lipinski definition) is 1. The van der Waals surface area contributed by atoms with Gasteiger partial charge in [-0.2, -0.15) is 10.5 Å². The van der Waals surface area contributed by atoms with Crippen molar-refractivity contribution in [3.8, 4) is 29.7 Å². The van der Waals surface area contributed by atoms with Crippen molar-refractivity contribution in [1.82, 2.24) is 0 Å². The first-order valence-corrected chi connectivity index (χ1v) is 3.87. The van der Waals surface area contributed by atoms with E-state index in [2.05, 4.69) is 11.8 Å². The normalized spacial score (nSPS) is 7.86. The van der Waals surface area contributed by atoms with Gasteiger partial charge in [-0.3, -0.25) is 0 Å². The second-order valence-corrected chi connectivity index (χ2v) is 2.48. The number of rotatable bonds is 0. The van der Waals surface area contributed by atoms with Gasteiger partial charge < -0.3 is 5.11 Å². The Hall–Kier alpha value is -2.44. The van der Waals surface area contributed by atoms with Crippen LogP contribution in [0.5, 0.6) is 5.75 Å². The maximum atomic E-state index is 9.33. The number of aromatic hydroxyl groups is 1. The maximum Gasteiger partial charge on any atom is 0.131 e. The van der Waals surface area contributed by atoms with E-state index >= 15 is 0 Å². The third-order valence-corrected chi connectivity index (χ3v) is 1.52. The first-order chi connectivity index (χ1) is 6.77. The SMILES string of the molecule is N#CCC#Cc1cc(C#N)ccc1O. The van der Waals surface area contributed by atoms with Crippen LogP contribution in [-0.2, 0) is 0 Å². The number of phenols is 1. The summed E-state index contributed by atoms with van der Waals surface area (Å²) in [6.07, 6.45) is 0.107. The van der Waals surface area contributed by atoms with Gasteiger partial charge in [-0.1, -0.05) is 11.8 Å². The van der Waals surface area contributed by atoms with Gasteiger partial charge in [-0.05, 0) is 18.2 Å². The molecule has 3 nitrogen and oxygen atoms in total. The minimum atomic E-state index is 0.0226. The lowest BCUT2D eigenvalue weighted by Crippen LogP contribution is -1.79. The van der Waals surface area contributed by atoms with Crippen LogP contribution in [0.4, 0.5) is 0 Å². The van der Waals surface area contributed by atoms with Crippen LogP contribution in [0.15, 0.2) is 18.2 Å². The van der Waals surface area contributed by atoms with Gasteiger partial charge in [0.05, 0.1) is 29.7 Å². The minimum absolute atomic E-state index is 0.0226. The highest BCUT2D eigenvalue weighted by Crippen LogP contribution is 2.16. The van der Waals surface area contributed by atoms with E-state index in [1.165, 1.54) is 18.2 Å². The molecule has 0 heterocycles. The van der Waals surface area contributed by atoms with Gasteiger partial charge >= 0.3 is 0 Å². The lowest BCUT2D eigenvalue weighted by Gasteiger charge is -1.95. The molecule has 0 bridgehead atoms. The molecule has 0 unspecified atom stereocenters. The van der Waals surface area contributed by atoms with E-state index in [-0.39, 0.29) is 12.2 Å². The van der Waals surface area contributed by atoms with Gasteiger partial charge in [0.2, 0.25) is 0 Å². The maximum absolute atomic E-state index is 9.33. The van der Waals surface area contributed by atoms with Crippen LogP contribution >= 0.6 is 0 Å². The summed E-state index contributed by atoms with van der Waals surface area (Å²) in [6, 6.07) is 8.21. The predicted octanol–water partition coefficient (Wildman–Crippen LogP) is 1.53. The molecule has 0 radical (unpaired) electrons. The van der Waals surface area contributed by atoms with Gasteiger partial charge in [0.15, 0.2) is 0 Å². The largest absolute Gasteiger partial charge is 0.507 e. The summed E-state index contributed by atoms with van der Waals surface area (Å²) in [7, 11) is 0. The number of phenolic OH excluding ortho intramolecular Hbond substituents is 1. The third kappa shape index (κ3) is 2.27. The van der Waals surface area contributed by atoms with E-state index < -0.39 is 0 Å². The average Bonchev–Trinajstić information content (AvgIpc) is 2.21. The van der Waals surface area contributed by atoms with Crippen molar-refractivity contribution in [3.05, 3.63) is 29.3 Å². The second-order valence-electron chi connectivity index (χ2n) is 2.48. The first-order valence-electron chi connectivity index (χ1n) is 3.87. The Kier molecular flexibility index (Phi) is 3.14. The number of benzene rings is 1. The predicted molar refractivity (Wildman–Crippen MR) is 49.9 cm³/mol. The zero-order valence-corrected chi connectivity index (χ0v) is 7.28. The Labute approximate surface area is 81.8 Å². The van der Waals surface area contributed by atoms with Gasteiger partial charge in [0.1, 0.15) is 5.75 Å². The zero-order valence-electron chi connectivity index (χ0n) is 7.28. The molecule has 0 fully saturated rings. The van der Waals surface area contributed by atoms with E-state index in [1.807, 2.05) is 12.1 Å². The Bertz CT molecular complexity index is 481. The number of nitriles is 2. The highest BCUT2D eigenvalue weighted by atomic mass is 16.3. The van der Waals surface area contributed by atoms with Crippen molar-refractivity contribution in [1.29, 1.82) is 10.5 Å². The molecule has 0 aromatic heterocycles. The van der Waals surface area contributed by atoms with Crippen LogP contribution in [0, 0.1) is 34.5 Å². The zero-order chi connectivity index (χ0) is 10.4. The van der Waals surface area contributed by atoms with Gasteiger partial charge in [-0.15, -0.1) is 0 Å². The summed E-state index contributed by atoms with van der Waals surface area (Å²) in [4.78, 5) is 0. The first kappa shape index (κ1) is 9.65. The van der Waals surface area contributed by atoms with Crippen LogP contribution in [-0.4, -0.2) is 5.11 Å². The summed E-state index contributed by atoms with van der Waals surface area (Å²) in [5.74, 6) is 5.20. The molecular formula is C11H6N2O. The molecule has 0 aliphatic carbocycles. The van der Waals surface area contributed by atoms with Crippen molar-refractivity contribution < 1.29 is 5.11 Å². The molecule has 0 amide bonds. The molecule has 0 saturated heterocycles. The van der Waals surface area contributed by atoms with Crippen molar-refractivity contribution in [2.24, 2.45) is 0 Å². The molecule has 14 heavy (non-hydrogen) atoms. The molecular weight excluding hydrogens is 176 g/mol. The van der Waals surface area contributed by atoms with E-state index in [0.717, 1.165) is 0 Å². The van der Waals surface area contributed by atoms with Crippen molar-refractivity contribution in [2.75, 3.05) is 0 Å². The monoisotopic (exact) mass is 182 g/mol. The Morgan fingerprint density at radius 2 is 2.07 bits per heavy atom. The topological polar surface area (TPSA) is 67.8 Å². The van der Waals surface area contributed by atoms with Crippen LogP contribution in [0.3, 0.4) is 0 Å². The fourth-order valence-corrected chi connectivity index (χ4v) is 0.885. The lowest BCUT2D eigenvalue weighted by atomic mass is 10.1. The Morgan fingerprint density at radius 3 is 2.71 bits per heavy atom. The average molecular weight is 182 g/mol. The van der Waals surface area contributed by atoms with E-state index in [4.69, 9.17) is 10.5 Å². The van der Waals surface area contributed by atoms with Crippen LogP contribution in [0.1, 0.15) is 17.5 Å². The fraction of sp³-hybridized carbons (Fsp3) is 0.0909. The summed E-state index contributed by atoms with van der Waals surface area (Å²) in [6.45, 7) is 0. The van der Waals surface area contributed by atoms with Crippen LogP contribution < -0.4 is 0 Å². The molecule has 0 atom stereocenters. The van der Waals surface area contributed by atoms with Crippen LogP contribution in [0.25, 0.3) is 0 Å². The molecule has 3 heteroatoms. The highest BCUT2D eigenvalue weighted by molar-refractivity contribution is 5.50. The molecule has 0 spiro atoms. The van der Waals surface area contributed by atoms with Gasteiger partial charge in [0.25, 0.3) is 0 Å². The second kappa shape index (κ2) is 4.55. The fourth-order valence-electron chi connectivity index (χ4n) is 0.885. The van der Waals surface area contributed by atoms with Crippen molar-refractivity contribution >= 4 is 0 Å². The summed E-state index contributed by atoms with van der Waals surface area (Å²) in [5, 5.41) is 26.2. The molecule has 1 aromatic carbocycles. The van der Waals surface area contributed by atoms with Gasteiger partial charge in [0, 0.05) is 0 Å². The van der Waals surface area contributed by atoms with E-state index in [9.17, 15) is 5.11 Å². The molecule has 0 saturated carbocycles. The van der Waals surface area contributed by atoms with Crippen molar-refractivity contribution in [3.63, 3.8) is 0 Å². The molecule has 0 aliphatic rings. The standard InChI is InChI=1S/C11H6N2O/c12-6-2-1-3-10-7-9(8-13)4-5-11(10)14/h4-5,7,14H,2H2. The van der Waals surface area contributed by atoms with E-state index in [0.29, 0.717) is 11.1 Å². The van der Waals surface area contributed by atoms with Crippen molar-refractivity contribution in [2.45, 2.75) is 6.42 Å². The molecule has 1 N–H and O–H groups in total. The summed E-state index contributed by atoms with van der Waals surface area (Å²) >= 11 is 0. The lowest BCUT2D eigenvalue weighted by molar-refractivity contribution is 0.473. The molecule has 0 aliphatic heterocycles. The number of hydrogen-bond acceptors (Lipinski definition) is 3. The molecule has 66 valence electrons.